The monoisotopic (exact) mass is 286 g/mol. The first-order chi connectivity index (χ1) is 10.2. The molecule has 2 saturated heterocycles. The van der Waals surface area contributed by atoms with Crippen LogP contribution in [0, 0.1) is 0 Å². The maximum absolute atomic E-state index is 11.4. The van der Waals surface area contributed by atoms with Crippen LogP contribution in [0.25, 0.3) is 0 Å². The van der Waals surface area contributed by atoms with E-state index in [0.29, 0.717) is 12.0 Å². The van der Waals surface area contributed by atoms with Crippen molar-refractivity contribution >= 4 is 5.91 Å². The van der Waals surface area contributed by atoms with Crippen molar-refractivity contribution in [2.24, 2.45) is 0 Å². The van der Waals surface area contributed by atoms with Crippen molar-refractivity contribution in [3.8, 4) is 0 Å². The van der Waals surface area contributed by atoms with Gasteiger partial charge in [-0.05, 0) is 49.3 Å². The van der Waals surface area contributed by atoms with Gasteiger partial charge in [-0.3, -0.25) is 4.79 Å². The van der Waals surface area contributed by atoms with E-state index >= 15 is 0 Å². The predicted molar refractivity (Wildman–Crippen MR) is 85.3 cm³/mol. The summed E-state index contributed by atoms with van der Waals surface area (Å²) < 4.78 is 0. The minimum absolute atomic E-state index is 0.216. The molecule has 0 aliphatic carbocycles. The number of nitrogens with zero attached hydrogens (tertiary/aromatic N) is 1. The maximum Gasteiger partial charge on any atom is 0.219 e. The molecule has 0 aromatic heterocycles. The van der Waals surface area contributed by atoms with Gasteiger partial charge in [-0.15, -0.1) is 0 Å². The molecule has 1 N–H and O–H groups in total. The molecule has 1 amide bonds. The summed E-state index contributed by atoms with van der Waals surface area (Å²) in [5.74, 6) is 0.831. The van der Waals surface area contributed by atoms with E-state index in [4.69, 9.17) is 0 Å². The Balaban J connectivity index is 1.67. The van der Waals surface area contributed by atoms with Crippen LogP contribution in [0.15, 0.2) is 24.3 Å². The van der Waals surface area contributed by atoms with E-state index in [9.17, 15) is 4.79 Å². The van der Waals surface area contributed by atoms with Gasteiger partial charge in [0.1, 0.15) is 0 Å². The summed E-state index contributed by atoms with van der Waals surface area (Å²) in [4.78, 5) is 13.4. The van der Waals surface area contributed by atoms with E-state index in [1.165, 1.54) is 30.4 Å². The number of likely N-dealkylation sites (tertiary alicyclic amines) is 1. The first-order valence-electron chi connectivity index (χ1n) is 8.33. The Hall–Kier alpha value is -1.35. The Morgan fingerprint density at radius 2 is 1.90 bits per heavy atom. The molecule has 2 aliphatic rings. The average molecular weight is 286 g/mol. The molecule has 2 heterocycles. The SMILES string of the molecule is CC(=O)N1CCC(c2cccc(C3CCCCN3)c2)CC1. The number of hydrogen-bond acceptors (Lipinski definition) is 2. The molecule has 0 bridgehead atoms. The molecular weight excluding hydrogens is 260 g/mol. The van der Waals surface area contributed by atoms with E-state index < -0.39 is 0 Å². The number of hydrogen-bond donors (Lipinski definition) is 1. The highest BCUT2D eigenvalue weighted by Gasteiger charge is 2.23. The molecule has 2 aliphatic heterocycles. The van der Waals surface area contributed by atoms with Crippen LogP contribution in [0.1, 0.15) is 62.1 Å². The summed E-state index contributed by atoms with van der Waals surface area (Å²) in [6, 6.07) is 9.67. The summed E-state index contributed by atoms with van der Waals surface area (Å²) in [6.45, 7) is 4.64. The maximum atomic E-state index is 11.4. The Labute approximate surface area is 127 Å². The fraction of sp³-hybridized carbons (Fsp3) is 0.611. The largest absolute Gasteiger partial charge is 0.343 e. The molecule has 114 valence electrons. The fourth-order valence-electron chi connectivity index (χ4n) is 3.69. The third kappa shape index (κ3) is 3.46. The van der Waals surface area contributed by atoms with Gasteiger partial charge in [0.25, 0.3) is 0 Å². The van der Waals surface area contributed by atoms with Crippen LogP contribution in [-0.2, 0) is 4.79 Å². The number of nitrogens with one attached hydrogen (secondary N) is 1. The number of piperidine rings is 2. The summed E-state index contributed by atoms with van der Waals surface area (Å²) in [7, 11) is 0. The summed E-state index contributed by atoms with van der Waals surface area (Å²) in [5, 5.41) is 3.63. The molecule has 1 aromatic carbocycles. The van der Waals surface area contributed by atoms with E-state index in [1.807, 2.05) is 4.90 Å². The molecule has 1 atom stereocenters. The zero-order valence-electron chi connectivity index (χ0n) is 13.0. The third-order valence-corrected chi connectivity index (χ3v) is 5.04. The number of carbonyl (C=O) groups is 1. The highest BCUT2D eigenvalue weighted by atomic mass is 16.2. The Bertz CT molecular complexity index is 486. The summed E-state index contributed by atoms with van der Waals surface area (Å²) >= 11 is 0. The van der Waals surface area contributed by atoms with Gasteiger partial charge in [-0.25, -0.2) is 0 Å². The van der Waals surface area contributed by atoms with Crippen molar-refractivity contribution in [3.05, 3.63) is 35.4 Å². The molecule has 0 radical (unpaired) electrons. The second-order valence-corrected chi connectivity index (χ2v) is 6.45. The number of amides is 1. The van der Waals surface area contributed by atoms with Gasteiger partial charge in [0.15, 0.2) is 0 Å². The van der Waals surface area contributed by atoms with Crippen LogP contribution >= 0.6 is 0 Å². The highest BCUT2D eigenvalue weighted by molar-refractivity contribution is 5.73. The minimum atomic E-state index is 0.216. The van der Waals surface area contributed by atoms with Gasteiger partial charge in [0.05, 0.1) is 0 Å². The van der Waals surface area contributed by atoms with E-state index in [2.05, 4.69) is 29.6 Å². The molecule has 0 saturated carbocycles. The Kier molecular flexibility index (Phi) is 4.59. The van der Waals surface area contributed by atoms with E-state index in [0.717, 1.165) is 32.5 Å². The van der Waals surface area contributed by atoms with Crippen LogP contribution in [-0.4, -0.2) is 30.4 Å². The van der Waals surface area contributed by atoms with Gasteiger partial charge < -0.3 is 10.2 Å². The number of rotatable bonds is 2. The molecule has 3 heteroatoms. The van der Waals surface area contributed by atoms with Gasteiger partial charge in [0.2, 0.25) is 5.91 Å². The van der Waals surface area contributed by atoms with Crippen molar-refractivity contribution in [1.29, 1.82) is 0 Å². The number of carbonyl (C=O) groups excluding carboxylic acids is 1. The van der Waals surface area contributed by atoms with Crippen LogP contribution in [0.4, 0.5) is 0 Å². The van der Waals surface area contributed by atoms with Crippen LogP contribution in [0.5, 0.6) is 0 Å². The quantitative estimate of drug-likeness (QED) is 0.905. The van der Waals surface area contributed by atoms with Crippen molar-refractivity contribution in [2.75, 3.05) is 19.6 Å². The molecule has 3 rings (SSSR count). The van der Waals surface area contributed by atoms with Gasteiger partial charge in [-0.2, -0.15) is 0 Å². The zero-order chi connectivity index (χ0) is 14.7. The van der Waals surface area contributed by atoms with Crippen LogP contribution < -0.4 is 5.32 Å². The van der Waals surface area contributed by atoms with Crippen molar-refractivity contribution in [3.63, 3.8) is 0 Å². The van der Waals surface area contributed by atoms with Gasteiger partial charge in [0, 0.05) is 26.1 Å². The van der Waals surface area contributed by atoms with Crippen molar-refractivity contribution in [2.45, 2.75) is 51.0 Å². The van der Waals surface area contributed by atoms with E-state index in [-0.39, 0.29) is 5.91 Å². The van der Waals surface area contributed by atoms with Crippen molar-refractivity contribution in [1.82, 2.24) is 10.2 Å². The molecular formula is C18H26N2O. The lowest BCUT2D eigenvalue weighted by Gasteiger charge is -2.32. The Morgan fingerprint density at radius 3 is 2.57 bits per heavy atom. The van der Waals surface area contributed by atoms with E-state index in [1.54, 1.807) is 6.92 Å². The minimum Gasteiger partial charge on any atom is -0.343 e. The second kappa shape index (κ2) is 6.61. The average Bonchev–Trinajstić information content (AvgIpc) is 2.56. The van der Waals surface area contributed by atoms with Gasteiger partial charge in [-0.1, -0.05) is 30.7 Å². The first kappa shape index (κ1) is 14.6. The predicted octanol–water partition coefficient (Wildman–Crippen LogP) is 3.23. The normalized spacial score (nSPS) is 24.0. The lowest BCUT2D eigenvalue weighted by Crippen LogP contribution is -2.36. The van der Waals surface area contributed by atoms with Crippen molar-refractivity contribution < 1.29 is 4.79 Å². The molecule has 2 fully saturated rings. The standard InChI is InChI=1S/C18H26N2O/c1-14(21)20-11-8-15(9-12-20)16-5-4-6-17(13-16)18-7-2-3-10-19-18/h4-6,13,15,18-19H,2-3,7-12H2,1H3. The third-order valence-electron chi connectivity index (χ3n) is 5.04. The molecule has 21 heavy (non-hydrogen) atoms. The molecule has 1 aromatic rings. The lowest BCUT2D eigenvalue weighted by molar-refractivity contribution is -0.129. The summed E-state index contributed by atoms with van der Waals surface area (Å²) in [5.41, 5.74) is 2.91. The fourth-order valence-corrected chi connectivity index (χ4v) is 3.69. The van der Waals surface area contributed by atoms with Crippen LogP contribution in [0.3, 0.4) is 0 Å². The first-order valence-corrected chi connectivity index (χ1v) is 8.33. The highest BCUT2D eigenvalue weighted by Crippen LogP contribution is 2.31. The zero-order valence-corrected chi connectivity index (χ0v) is 13.0. The lowest BCUT2D eigenvalue weighted by atomic mass is 9.87. The molecule has 3 nitrogen and oxygen atoms in total. The van der Waals surface area contributed by atoms with Gasteiger partial charge >= 0.3 is 0 Å². The topological polar surface area (TPSA) is 32.3 Å². The Morgan fingerprint density at radius 1 is 1.14 bits per heavy atom. The number of benzene rings is 1. The smallest absolute Gasteiger partial charge is 0.219 e. The molecule has 0 spiro atoms. The second-order valence-electron chi connectivity index (χ2n) is 6.45. The van der Waals surface area contributed by atoms with Crippen LogP contribution in [0.2, 0.25) is 0 Å². The summed E-state index contributed by atoms with van der Waals surface area (Å²) in [6.07, 6.45) is 6.09. The molecule has 1 unspecified atom stereocenters.